The topological polar surface area (TPSA) is 98.9 Å². The smallest absolute Gasteiger partial charge is 0.138 e. The van der Waals surface area contributed by atoms with Crippen molar-refractivity contribution in [1.29, 1.82) is 0 Å². The average Bonchev–Trinajstić information content (AvgIpc) is 3.53. The van der Waals surface area contributed by atoms with Crippen molar-refractivity contribution in [3.8, 4) is 33.1 Å². The molecule has 6 aromatic heterocycles. The van der Waals surface area contributed by atoms with Crippen LogP contribution in [0.2, 0.25) is 0 Å². The Labute approximate surface area is 162 Å². The van der Waals surface area contributed by atoms with Gasteiger partial charge in [-0.05, 0) is 35.7 Å². The van der Waals surface area contributed by atoms with Gasteiger partial charge in [0.1, 0.15) is 16.9 Å². The molecule has 0 aliphatic rings. The van der Waals surface area contributed by atoms with Crippen molar-refractivity contribution in [2.75, 3.05) is 0 Å². The molecule has 0 bridgehead atoms. The summed E-state index contributed by atoms with van der Waals surface area (Å²) in [5.41, 5.74) is 7.13. The molecule has 134 valence electrons. The van der Waals surface area contributed by atoms with Gasteiger partial charge in [0, 0.05) is 33.8 Å². The minimum Gasteiger partial charge on any atom is -0.338 e. The quantitative estimate of drug-likeness (QED) is 0.415. The number of rotatable bonds is 3. The number of fused-ring (bicyclic) bond motifs is 2. The van der Waals surface area contributed by atoms with Gasteiger partial charge in [-0.3, -0.25) is 10.2 Å². The summed E-state index contributed by atoms with van der Waals surface area (Å²) in [5.74, 6) is 0. The minimum atomic E-state index is 0.774. The zero-order valence-corrected chi connectivity index (χ0v) is 15.3. The summed E-state index contributed by atoms with van der Waals surface area (Å²) in [4.78, 5) is 13.9. The van der Waals surface area contributed by atoms with Crippen LogP contribution in [0.5, 0.6) is 0 Å². The van der Waals surface area contributed by atoms with E-state index in [2.05, 4.69) is 53.9 Å². The van der Waals surface area contributed by atoms with Gasteiger partial charge in [0.25, 0.3) is 0 Å². The van der Waals surface area contributed by atoms with E-state index in [9.17, 15) is 0 Å². The lowest BCUT2D eigenvalue weighted by Gasteiger charge is -1.98. The number of pyridine rings is 2. The first-order chi connectivity index (χ1) is 13.9. The molecule has 6 aromatic rings. The largest absolute Gasteiger partial charge is 0.338 e. The fraction of sp³-hybridized carbons (Fsp3) is 0. The molecule has 0 atom stereocenters. The van der Waals surface area contributed by atoms with E-state index in [1.807, 2.05) is 30.6 Å². The highest BCUT2D eigenvalue weighted by Gasteiger charge is 2.16. The molecule has 0 aliphatic heterocycles. The third-order valence-electron chi connectivity index (χ3n) is 4.78. The number of aromatic amines is 3. The Bertz CT molecular complexity index is 1410. The van der Waals surface area contributed by atoms with E-state index in [1.54, 1.807) is 17.5 Å². The van der Waals surface area contributed by atoms with Gasteiger partial charge < -0.3 is 4.98 Å². The summed E-state index contributed by atoms with van der Waals surface area (Å²) < 4.78 is 0. The molecular weight excluding hydrogens is 370 g/mol. The van der Waals surface area contributed by atoms with Crippen molar-refractivity contribution in [2.45, 2.75) is 0 Å². The van der Waals surface area contributed by atoms with E-state index < -0.39 is 0 Å². The van der Waals surface area contributed by atoms with Crippen molar-refractivity contribution in [1.82, 2.24) is 35.3 Å². The van der Waals surface area contributed by atoms with Crippen molar-refractivity contribution in [2.24, 2.45) is 0 Å². The third kappa shape index (κ3) is 2.28. The van der Waals surface area contributed by atoms with E-state index in [1.165, 1.54) is 4.88 Å². The number of hydrogen-bond acceptors (Lipinski definition) is 5. The van der Waals surface area contributed by atoms with Crippen LogP contribution in [0, 0.1) is 0 Å². The van der Waals surface area contributed by atoms with Gasteiger partial charge in [0.05, 0.1) is 23.1 Å². The predicted molar refractivity (Wildman–Crippen MR) is 110 cm³/mol. The number of thiophene rings is 1. The Hall–Kier alpha value is -3.78. The second kappa shape index (κ2) is 5.86. The van der Waals surface area contributed by atoms with Crippen LogP contribution in [-0.2, 0) is 0 Å². The normalized spacial score (nSPS) is 11.6. The number of nitrogens with one attached hydrogen (secondary N) is 3. The zero-order valence-electron chi connectivity index (χ0n) is 14.5. The maximum atomic E-state index is 4.80. The summed E-state index contributed by atoms with van der Waals surface area (Å²) in [6.07, 6.45) is 5.41. The van der Waals surface area contributed by atoms with Gasteiger partial charge in [-0.15, -0.1) is 11.3 Å². The first-order valence-corrected chi connectivity index (χ1v) is 9.61. The fourth-order valence-corrected chi connectivity index (χ4v) is 4.21. The number of hydrogen-bond donors (Lipinski definition) is 3. The van der Waals surface area contributed by atoms with Gasteiger partial charge >= 0.3 is 0 Å². The summed E-state index contributed by atoms with van der Waals surface area (Å²) in [5, 5.41) is 17.6. The molecule has 0 aromatic carbocycles. The van der Waals surface area contributed by atoms with E-state index in [0.717, 1.165) is 50.3 Å². The van der Waals surface area contributed by atoms with Gasteiger partial charge in [0.2, 0.25) is 0 Å². The van der Waals surface area contributed by atoms with Crippen LogP contribution in [0.4, 0.5) is 0 Å². The monoisotopic (exact) mass is 383 g/mol. The Balaban J connectivity index is 1.55. The summed E-state index contributed by atoms with van der Waals surface area (Å²) in [7, 11) is 0. The highest BCUT2D eigenvalue weighted by molar-refractivity contribution is 7.13. The maximum absolute atomic E-state index is 4.80. The Morgan fingerprint density at radius 1 is 1.07 bits per heavy atom. The van der Waals surface area contributed by atoms with Crippen LogP contribution in [-0.4, -0.2) is 35.3 Å². The molecule has 3 N–H and O–H groups in total. The molecule has 28 heavy (non-hydrogen) atoms. The number of H-pyrrole nitrogens is 3. The second-order valence-corrected chi connectivity index (χ2v) is 7.38. The molecule has 6 heterocycles. The molecule has 0 saturated carbocycles. The van der Waals surface area contributed by atoms with Crippen LogP contribution in [0.3, 0.4) is 0 Å². The minimum absolute atomic E-state index is 0.774. The Morgan fingerprint density at radius 2 is 2.07 bits per heavy atom. The van der Waals surface area contributed by atoms with Gasteiger partial charge in [-0.2, -0.15) is 10.2 Å². The molecule has 6 rings (SSSR count). The summed E-state index contributed by atoms with van der Waals surface area (Å²) >= 11 is 1.72. The van der Waals surface area contributed by atoms with Gasteiger partial charge in [-0.25, -0.2) is 9.97 Å². The first-order valence-electron chi connectivity index (χ1n) is 8.73. The first kappa shape index (κ1) is 15.3. The molecular formula is C20H13N7S. The highest BCUT2D eigenvalue weighted by Crippen LogP contribution is 2.34. The molecule has 0 unspecified atom stereocenters. The van der Waals surface area contributed by atoms with Crippen molar-refractivity contribution in [3.63, 3.8) is 0 Å². The van der Waals surface area contributed by atoms with Crippen LogP contribution >= 0.6 is 11.3 Å². The lowest BCUT2D eigenvalue weighted by molar-refractivity contribution is 1.09. The van der Waals surface area contributed by atoms with Crippen molar-refractivity contribution >= 4 is 33.4 Å². The molecule has 0 amide bonds. The van der Waals surface area contributed by atoms with E-state index in [4.69, 9.17) is 4.98 Å². The highest BCUT2D eigenvalue weighted by atomic mass is 32.1. The number of nitrogens with zero attached hydrogens (tertiary/aromatic N) is 4. The summed E-state index contributed by atoms with van der Waals surface area (Å²) in [6, 6.07) is 12.3. The standard InChI is InChI=1S/C20H13N7S/c1-2-17(28-7-1)12-5-6-21-20-13(12)8-16(25-20)19-18-15(26-27-19)4-3-14(24-18)11-9-22-23-10-11/h1-10H,(H,21,25)(H,22,23)(H,26,27). The number of aromatic nitrogens is 7. The lowest BCUT2D eigenvalue weighted by Crippen LogP contribution is -1.84. The molecule has 0 spiro atoms. The van der Waals surface area contributed by atoms with Gasteiger partial charge in [0.15, 0.2) is 0 Å². The molecule has 0 aliphatic carbocycles. The SMILES string of the molecule is c1csc(-c2ccnc3[nH]c(-c4n[nH]c5ccc(-c6cn[nH]c6)nc45)cc23)c1. The van der Waals surface area contributed by atoms with E-state index >= 15 is 0 Å². The van der Waals surface area contributed by atoms with Crippen LogP contribution in [0.1, 0.15) is 0 Å². The summed E-state index contributed by atoms with van der Waals surface area (Å²) in [6.45, 7) is 0. The molecule has 0 radical (unpaired) electrons. The molecule has 0 saturated heterocycles. The van der Waals surface area contributed by atoms with Gasteiger partial charge in [-0.1, -0.05) is 6.07 Å². The van der Waals surface area contributed by atoms with Crippen molar-refractivity contribution in [3.05, 3.63) is 60.4 Å². The Morgan fingerprint density at radius 3 is 2.93 bits per heavy atom. The predicted octanol–water partition coefficient (Wildman–Crippen LogP) is 4.62. The Kier molecular flexibility index (Phi) is 3.20. The zero-order chi connectivity index (χ0) is 18.5. The third-order valence-corrected chi connectivity index (χ3v) is 5.68. The van der Waals surface area contributed by atoms with Crippen LogP contribution < -0.4 is 0 Å². The fourth-order valence-electron chi connectivity index (χ4n) is 3.44. The molecule has 7 nitrogen and oxygen atoms in total. The lowest BCUT2D eigenvalue weighted by atomic mass is 10.1. The second-order valence-electron chi connectivity index (χ2n) is 6.43. The van der Waals surface area contributed by atoms with E-state index in [-0.39, 0.29) is 0 Å². The maximum Gasteiger partial charge on any atom is 0.138 e. The van der Waals surface area contributed by atoms with E-state index in [0.29, 0.717) is 0 Å². The molecule has 8 heteroatoms. The average molecular weight is 383 g/mol. The van der Waals surface area contributed by atoms with Crippen molar-refractivity contribution < 1.29 is 0 Å². The van der Waals surface area contributed by atoms with Crippen LogP contribution in [0.15, 0.2) is 60.4 Å². The van der Waals surface area contributed by atoms with Crippen LogP contribution in [0.25, 0.3) is 55.2 Å². The molecule has 0 fully saturated rings.